The fourth-order valence-corrected chi connectivity index (χ4v) is 0. The molecule has 2 heteroatoms. The van der Waals surface area contributed by atoms with Gasteiger partial charge in [0.2, 0.25) is 0 Å². The van der Waals surface area contributed by atoms with E-state index in [1.54, 1.807) is 13.8 Å². The quantitative estimate of drug-likeness (QED) is 0.585. The van der Waals surface area contributed by atoms with Gasteiger partial charge in [-0.25, -0.2) is 0 Å². The first-order chi connectivity index (χ1) is 2.00. The largest absolute Gasteiger partial charge is 3.00 e. The summed E-state index contributed by atoms with van der Waals surface area (Å²) >= 11 is 0. The van der Waals surface area contributed by atoms with E-state index in [9.17, 15) is 0 Å². The van der Waals surface area contributed by atoms with Crippen molar-refractivity contribution in [2.24, 2.45) is 0 Å². The summed E-state index contributed by atoms with van der Waals surface area (Å²) < 4.78 is 0. The van der Waals surface area contributed by atoms with Gasteiger partial charge in [0.05, 0.1) is 0 Å². The molecule has 0 aliphatic rings. The maximum absolute atomic E-state index is 3.25. The molecule has 0 saturated heterocycles. The molecule has 0 N–H and O–H groups in total. The second-order valence-electron chi connectivity index (χ2n) is 0. The van der Waals surface area contributed by atoms with Crippen LogP contribution >= 0.6 is 0 Å². The van der Waals surface area contributed by atoms with Crippen molar-refractivity contribution in [2.45, 2.75) is 28.7 Å². The normalized spacial score (nSPS) is 1.09. The van der Waals surface area contributed by atoms with E-state index < -0.39 is 0 Å². The van der Waals surface area contributed by atoms with E-state index in [0.29, 0.717) is 0 Å². The van der Waals surface area contributed by atoms with Crippen molar-refractivity contribution in [1.82, 2.24) is 0 Å². The molecule has 0 rings (SSSR count). The number of hydrogen-bond acceptors (Lipinski definition) is 0. The average Bonchev–Trinajstić information content (AvgIpc) is 1.50. The molecule has 1 radical (unpaired) electrons. The van der Waals surface area contributed by atoms with E-state index >= 15 is 0 Å². The van der Waals surface area contributed by atoms with Crippen LogP contribution in [0, 0.1) is 36.1 Å². The molecule has 0 nitrogen and oxygen atoms in total. The van der Waals surface area contributed by atoms with Crippen LogP contribution in [0.3, 0.4) is 0 Å². The Bertz CT molecular complexity index is 7.52. The van der Waals surface area contributed by atoms with Gasteiger partial charge >= 0.3 is 32.7 Å². The third-order valence-electron chi connectivity index (χ3n) is 0. The maximum atomic E-state index is 3.25. The zero-order valence-electron chi connectivity index (χ0n) is 7.57. The molecule has 0 amide bonds. The minimum absolute atomic E-state index is 0. The molecule has 0 aliphatic heterocycles. The van der Waals surface area contributed by atoms with Gasteiger partial charge in [0.1, 0.15) is 0 Å². The Labute approximate surface area is 128 Å². The molecule has 0 fully saturated rings. The molecular weight excluding hydrogens is 286 g/mol. The Morgan fingerprint density at radius 2 is 0.636 bits per heavy atom. The molecule has 71 valence electrons. The van der Waals surface area contributed by atoms with Gasteiger partial charge in [-0.05, 0) is 0 Å². The van der Waals surface area contributed by atoms with E-state index in [1.807, 2.05) is 0 Å². The van der Waals surface area contributed by atoms with Crippen LogP contribution in [-0.2, 0) is 65.4 Å². The number of rotatable bonds is 0. The Kier molecular flexibility index (Phi) is 3180. The molecule has 0 atom stereocenters. The van der Waals surface area contributed by atoms with E-state index in [0.717, 1.165) is 0 Å². The molecule has 0 unspecified atom stereocenters. The van der Waals surface area contributed by atoms with Crippen LogP contribution in [0.15, 0.2) is 0 Å². The monoisotopic (exact) mass is 313 g/mol. The van der Waals surface area contributed by atoms with Crippen molar-refractivity contribution in [2.75, 3.05) is 0 Å². The van der Waals surface area contributed by atoms with Crippen LogP contribution in [-0.4, -0.2) is 0 Å². The maximum Gasteiger partial charge on any atom is 3.00 e. The predicted octanol–water partition coefficient (Wildman–Crippen LogP) is 4.30. The fourth-order valence-electron chi connectivity index (χ4n) is 0. The average molecular weight is 313 g/mol. The molecule has 0 aromatic rings. The summed E-state index contributed by atoms with van der Waals surface area (Å²) in [5.41, 5.74) is 0. The van der Waals surface area contributed by atoms with Crippen molar-refractivity contribution in [3.05, 3.63) is 36.1 Å². The summed E-state index contributed by atoms with van der Waals surface area (Å²) in [6, 6.07) is 0. The molecule has 0 aromatic carbocycles. The summed E-state index contributed by atoms with van der Waals surface area (Å²) in [5, 5.41) is 0. The third kappa shape index (κ3) is 261. The Morgan fingerprint density at radius 3 is 0.636 bits per heavy atom. The third-order valence-corrected chi connectivity index (χ3v) is 0. The Hall–Kier alpha value is 2.21. The second-order valence-corrected chi connectivity index (χ2v) is 0. The van der Waals surface area contributed by atoms with Gasteiger partial charge in [-0.2, -0.15) is 13.8 Å². The van der Waals surface area contributed by atoms with Gasteiger partial charge in [0.15, 0.2) is 0 Å². The van der Waals surface area contributed by atoms with Crippen molar-refractivity contribution < 1.29 is 65.4 Å². The summed E-state index contributed by atoms with van der Waals surface area (Å²) in [7, 11) is 0. The van der Waals surface area contributed by atoms with E-state index in [2.05, 4.69) is 13.8 Å². The SMILES string of the molecule is C.C.[CH2-]C.[CH2-]C.[CH3-].[CH3-].[CH3-].[Y+3].[Y]. The molecule has 11 heavy (non-hydrogen) atoms. The van der Waals surface area contributed by atoms with Gasteiger partial charge in [-0.1, -0.05) is 14.9 Å². The van der Waals surface area contributed by atoms with Gasteiger partial charge in [-0.15, -0.1) is 0 Å². The van der Waals surface area contributed by atoms with Gasteiger partial charge in [0, 0.05) is 32.7 Å². The van der Waals surface area contributed by atoms with Crippen molar-refractivity contribution in [3.8, 4) is 0 Å². The van der Waals surface area contributed by atoms with Crippen molar-refractivity contribution >= 4 is 0 Å². The molecule has 0 saturated carbocycles. The van der Waals surface area contributed by atoms with Gasteiger partial charge in [0.25, 0.3) is 0 Å². The van der Waals surface area contributed by atoms with E-state index in [4.69, 9.17) is 0 Å². The summed E-state index contributed by atoms with van der Waals surface area (Å²) in [6.45, 7) is 10.0. The second kappa shape index (κ2) is 315. The summed E-state index contributed by atoms with van der Waals surface area (Å²) in [5.74, 6) is 0. The molecule has 0 heterocycles. The van der Waals surface area contributed by atoms with Crippen LogP contribution in [0.25, 0.3) is 0 Å². The first kappa shape index (κ1) is 111. The van der Waals surface area contributed by atoms with Crippen LogP contribution < -0.4 is 0 Å². The topological polar surface area (TPSA) is 0 Å². The first-order valence-electron chi connectivity index (χ1n) is 1.41. The zero-order chi connectivity index (χ0) is 4.00. The van der Waals surface area contributed by atoms with E-state index in [1.165, 1.54) is 0 Å². The van der Waals surface area contributed by atoms with Crippen LogP contribution in [0.4, 0.5) is 0 Å². The predicted molar refractivity (Wildman–Crippen MR) is 54.8 cm³/mol. The van der Waals surface area contributed by atoms with Crippen LogP contribution in [0.5, 0.6) is 0 Å². The molecular formula is C9H27Y2-2. The van der Waals surface area contributed by atoms with Crippen LogP contribution in [0.2, 0.25) is 0 Å². The standard InChI is InChI=1S/2C2H5.2CH4.3CH3.2Y/c2*1-2;;;;;;;/h2*1H2,2H3;2*1H4;3*1H3;;/q2*-1;;;3*-1;;+3. The Morgan fingerprint density at radius 1 is 0.636 bits per heavy atom. The minimum Gasteiger partial charge on any atom is -0.358 e. The molecule has 0 aliphatic carbocycles. The van der Waals surface area contributed by atoms with Crippen molar-refractivity contribution in [3.63, 3.8) is 0 Å². The van der Waals surface area contributed by atoms with Gasteiger partial charge < -0.3 is 36.1 Å². The first-order valence-corrected chi connectivity index (χ1v) is 1.41. The zero-order valence-corrected chi connectivity index (χ0v) is 13.2. The fraction of sp³-hybridized carbons (Fsp3) is 0.444. The smallest absolute Gasteiger partial charge is 0.358 e. The van der Waals surface area contributed by atoms with Crippen molar-refractivity contribution in [1.29, 1.82) is 0 Å². The molecule has 0 aromatic heterocycles. The summed E-state index contributed by atoms with van der Waals surface area (Å²) in [4.78, 5) is 0. The van der Waals surface area contributed by atoms with Crippen LogP contribution in [0.1, 0.15) is 28.7 Å². The van der Waals surface area contributed by atoms with E-state index in [-0.39, 0.29) is 103 Å². The minimum atomic E-state index is 0. The Balaban J connectivity index is -0.000000000635. The number of hydrogen-bond donors (Lipinski definition) is 0. The van der Waals surface area contributed by atoms with Gasteiger partial charge in [-0.3, -0.25) is 0 Å². The molecule has 0 spiro atoms. The summed E-state index contributed by atoms with van der Waals surface area (Å²) in [6.07, 6.45) is 0. The molecule has 0 bridgehead atoms.